The molecule has 3 N–H and O–H groups in total. The molecule has 0 aromatic heterocycles. The molecule has 4 nitrogen and oxygen atoms in total. The van der Waals surface area contributed by atoms with Crippen molar-refractivity contribution in [2.45, 2.75) is 37.8 Å². The molecule has 4 rings (SSSR count). The fourth-order valence-corrected chi connectivity index (χ4v) is 4.19. The van der Waals surface area contributed by atoms with Gasteiger partial charge in [-0.2, -0.15) is 0 Å². The molecule has 0 aromatic rings. The van der Waals surface area contributed by atoms with Crippen LogP contribution in [0.15, 0.2) is 0 Å². The van der Waals surface area contributed by atoms with E-state index in [0.717, 1.165) is 24.7 Å². The summed E-state index contributed by atoms with van der Waals surface area (Å²) in [6.45, 7) is 2.45. The van der Waals surface area contributed by atoms with E-state index in [-0.39, 0.29) is 5.92 Å². The number of fused-ring (bicyclic) bond motifs is 2. The van der Waals surface area contributed by atoms with Crippen molar-refractivity contribution >= 4 is 5.97 Å². The van der Waals surface area contributed by atoms with E-state index in [9.17, 15) is 4.79 Å². The van der Waals surface area contributed by atoms with Gasteiger partial charge in [-0.1, -0.05) is 0 Å². The van der Waals surface area contributed by atoms with E-state index in [1.807, 2.05) is 0 Å². The number of carboxylic acids is 1. The molecule has 90 valence electrons. The SMILES string of the molecule is NC(C(=O)O)C1CC2C3CCN(CC3)C2C1. The Bertz CT molecular complexity index is 279. The van der Waals surface area contributed by atoms with Crippen molar-refractivity contribution in [3.8, 4) is 0 Å². The number of nitrogens with zero attached hydrogens (tertiary/aromatic N) is 1. The highest BCUT2D eigenvalue weighted by Crippen LogP contribution is 2.48. The van der Waals surface area contributed by atoms with Crippen molar-refractivity contribution < 1.29 is 9.90 Å². The molecule has 4 atom stereocenters. The first kappa shape index (κ1) is 10.5. The Labute approximate surface area is 95.8 Å². The summed E-state index contributed by atoms with van der Waals surface area (Å²) < 4.78 is 0. The molecule has 4 fully saturated rings. The van der Waals surface area contributed by atoms with Gasteiger partial charge in [-0.25, -0.2) is 0 Å². The maximum atomic E-state index is 10.9. The van der Waals surface area contributed by atoms with Crippen molar-refractivity contribution in [3.63, 3.8) is 0 Å². The van der Waals surface area contributed by atoms with Crippen molar-refractivity contribution in [1.29, 1.82) is 0 Å². The first-order chi connectivity index (χ1) is 7.66. The largest absolute Gasteiger partial charge is 0.480 e. The standard InChI is InChI=1S/C12H20N2O2/c13-11(12(15)16)8-5-9-7-1-3-14(4-2-7)10(9)6-8/h7-11H,1-6,13H2,(H,15,16). The van der Waals surface area contributed by atoms with Crippen LogP contribution < -0.4 is 5.73 Å². The zero-order chi connectivity index (χ0) is 11.3. The predicted molar refractivity (Wildman–Crippen MR) is 59.9 cm³/mol. The fourth-order valence-electron chi connectivity index (χ4n) is 4.19. The molecular formula is C12H20N2O2. The van der Waals surface area contributed by atoms with Crippen molar-refractivity contribution in [2.24, 2.45) is 23.5 Å². The Kier molecular flexibility index (Phi) is 2.44. The van der Waals surface area contributed by atoms with Gasteiger partial charge in [0.2, 0.25) is 0 Å². The number of rotatable bonds is 2. The Morgan fingerprint density at radius 1 is 1.31 bits per heavy atom. The Hall–Kier alpha value is -0.610. The first-order valence-corrected chi connectivity index (χ1v) is 6.39. The van der Waals surface area contributed by atoms with Gasteiger partial charge < -0.3 is 15.7 Å². The molecule has 4 heteroatoms. The quantitative estimate of drug-likeness (QED) is 0.717. The van der Waals surface area contributed by atoms with Gasteiger partial charge >= 0.3 is 5.97 Å². The lowest BCUT2D eigenvalue weighted by atomic mass is 9.75. The van der Waals surface area contributed by atoms with Gasteiger partial charge in [0.05, 0.1) is 0 Å². The summed E-state index contributed by atoms with van der Waals surface area (Å²) in [5.41, 5.74) is 5.77. The van der Waals surface area contributed by atoms with Crippen LogP contribution in [-0.2, 0) is 4.79 Å². The average Bonchev–Trinajstić information content (AvgIpc) is 2.75. The Balaban J connectivity index is 1.74. The number of hydrogen-bond acceptors (Lipinski definition) is 3. The molecular weight excluding hydrogens is 204 g/mol. The van der Waals surface area contributed by atoms with Gasteiger partial charge in [-0.15, -0.1) is 0 Å². The molecule has 0 amide bonds. The lowest BCUT2D eigenvalue weighted by Crippen LogP contribution is -2.52. The molecule has 1 aliphatic carbocycles. The van der Waals surface area contributed by atoms with E-state index in [1.54, 1.807) is 0 Å². The maximum absolute atomic E-state index is 10.9. The third-order valence-corrected chi connectivity index (χ3v) is 5.06. The third-order valence-electron chi connectivity index (χ3n) is 5.06. The predicted octanol–water partition coefficient (Wildman–Crippen LogP) is 0.519. The van der Waals surface area contributed by atoms with Gasteiger partial charge in [0.25, 0.3) is 0 Å². The van der Waals surface area contributed by atoms with Gasteiger partial charge in [0.15, 0.2) is 0 Å². The van der Waals surface area contributed by atoms with Crippen LogP contribution in [0.5, 0.6) is 0 Å². The average molecular weight is 224 g/mol. The Morgan fingerprint density at radius 2 is 2.00 bits per heavy atom. The fraction of sp³-hybridized carbons (Fsp3) is 0.917. The van der Waals surface area contributed by atoms with Gasteiger partial charge in [-0.3, -0.25) is 4.79 Å². The normalized spacial score (nSPS) is 47.7. The van der Waals surface area contributed by atoms with Gasteiger partial charge in [0.1, 0.15) is 6.04 Å². The molecule has 4 unspecified atom stereocenters. The highest BCUT2D eigenvalue weighted by atomic mass is 16.4. The molecule has 0 spiro atoms. The van der Waals surface area contributed by atoms with Crippen LogP contribution >= 0.6 is 0 Å². The Morgan fingerprint density at radius 3 is 2.56 bits per heavy atom. The summed E-state index contributed by atoms with van der Waals surface area (Å²) in [5, 5.41) is 8.98. The summed E-state index contributed by atoms with van der Waals surface area (Å²) in [6.07, 6.45) is 4.68. The number of hydrogen-bond donors (Lipinski definition) is 2. The first-order valence-electron chi connectivity index (χ1n) is 6.39. The summed E-state index contributed by atoms with van der Waals surface area (Å²) in [5.74, 6) is 0.957. The molecule has 1 saturated carbocycles. The van der Waals surface area contributed by atoms with Crippen LogP contribution in [0.1, 0.15) is 25.7 Å². The van der Waals surface area contributed by atoms with Crippen LogP contribution in [0.4, 0.5) is 0 Å². The van der Waals surface area contributed by atoms with Crippen LogP contribution in [0.3, 0.4) is 0 Å². The van der Waals surface area contributed by atoms with Crippen molar-refractivity contribution in [2.75, 3.05) is 13.1 Å². The van der Waals surface area contributed by atoms with E-state index in [0.29, 0.717) is 6.04 Å². The number of carboxylic acid groups (broad SMARTS) is 1. The summed E-state index contributed by atoms with van der Waals surface area (Å²) in [4.78, 5) is 13.5. The van der Waals surface area contributed by atoms with E-state index in [2.05, 4.69) is 4.90 Å². The highest BCUT2D eigenvalue weighted by molar-refractivity contribution is 5.73. The van der Waals surface area contributed by atoms with E-state index in [1.165, 1.54) is 25.9 Å². The summed E-state index contributed by atoms with van der Waals surface area (Å²) in [7, 11) is 0. The van der Waals surface area contributed by atoms with Gasteiger partial charge in [-0.05, 0) is 56.5 Å². The van der Waals surface area contributed by atoms with Crippen molar-refractivity contribution in [1.82, 2.24) is 4.90 Å². The number of nitrogens with two attached hydrogens (primary N) is 1. The molecule has 2 bridgehead atoms. The van der Waals surface area contributed by atoms with E-state index in [4.69, 9.17) is 10.8 Å². The lowest BCUT2D eigenvalue weighted by molar-refractivity contribution is -0.139. The van der Waals surface area contributed by atoms with Gasteiger partial charge in [0, 0.05) is 6.04 Å². The second-order valence-electron chi connectivity index (χ2n) is 5.70. The minimum Gasteiger partial charge on any atom is -0.480 e. The molecule has 4 aliphatic rings. The smallest absolute Gasteiger partial charge is 0.320 e. The molecule has 3 heterocycles. The number of piperidine rings is 3. The van der Waals surface area contributed by atoms with Crippen LogP contribution in [0.2, 0.25) is 0 Å². The second kappa shape index (κ2) is 3.70. The number of carbonyl (C=O) groups is 1. The second-order valence-corrected chi connectivity index (χ2v) is 5.70. The van der Waals surface area contributed by atoms with Crippen molar-refractivity contribution in [3.05, 3.63) is 0 Å². The maximum Gasteiger partial charge on any atom is 0.320 e. The minimum atomic E-state index is -0.828. The monoisotopic (exact) mass is 224 g/mol. The van der Waals surface area contributed by atoms with E-state index >= 15 is 0 Å². The lowest BCUT2D eigenvalue weighted by Gasteiger charge is -2.48. The molecule has 0 radical (unpaired) electrons. The zero-order valence-corrected chi connectivity index (χ0v) is 9.51. The highest BCUT2D eigenvalue weighted by Gasteiger charge is 2.49. The molecule has 16 heavy (non-hydrogen) atoms. The summed E-state index contributed by atoms with van der Waals surface area (Å²) in [6, 6.07) is -0.00546. The zero-order valence-electron chi connectivity index (χ0n) is 9.51. The number of aliphatic carboxylic acids is 1. The summed E-state index contributed by atoms with van der Waals surface area (Å²) >= 11 is 0. The molecule has 3 aliphatic heterocycles. The third kappa shape index (κ3) is 1.47. The minimum absolute atomic E-state index is 0.202. The topological polar surface area (TPSA) is 66.6 Å². The van der Waals surface area contributed by atoms with Crippen LogP contribution in [0, 0.1) is 17.8 Å². The van der Waals surface area contributed by atoms with Crippen LogP contribution in [-0.4, -0.2) is 41.1 Å². The van der Waals surface area contributed by atoms with E-state index < -0.39 is 12.0 Å². The molecule has 0 aromatic carbocycles. The molecule has 3 saturated heterocycles. The van der Waals surface area contributed by atoms with Crippen LogP contribution in [0.25, 0.3) is 0 Å².